The molecule has 1 atom stereocenters. The lowest BCUT2D eigenvalue weighted by molar-refractivity contribution is -0.137. The third-order valence-corrected chi connectivity index (χ3v) is 8.26. The summed E-state index contributed by atoms with van der Waals surface area (Å²) in [4.78, 5) is 18.0. The zero-order chi connectivity index (χ0) is 31.1. The van der Waals surface area contributed by atoms with Gasteiger partial charge in [0.15, 0.2) is 15.4 Å². The minimum Gasteiger partial charge on any atom is -0.494 e. The number of rotatable bonds is 13. The number of carbonyl (C=O) groups excluding carboxylic acids is 1. The van der Waals surface area contributed by atoms with E-state index in [1.165, 1.54) is 12.1 Å². The molecule has 14 heteroatoms. The number of alkyl halides is 3. The van der Waals surface area contributed by atoms with Gasteiger partial charge in [0.2, 0.25) is 5.90 Å². The van der Waals surface area contributed by atoms with Crippen LogP contribution in [0.15, 0.2) is 82.7 Å². The smallest absolute Gasteiger partial charge is 0.416 e. The van der Waals surface area contributed by atoms with Crippen LogP contribution in [-0.2, 0) is 32.1 Å². The molecule has 3 aromatic carbocycles. The van der Waals surface area contributed by atoms with Gasteiger partial charge in [0.1, 0.15) is 18.2 Å². The molecule has 3 N–H and O–H groups in total. The quantitative estimate of drug-likeness (QED) is 0.150. The molecule has 1 amide bonds. The van der Waals surface area contributed by atoms with Gasteiger partial charge < -0.3 is 14.6 Å². The van der Waals surface area contributed by atoms with Crippen molar-refractivity contribution in [2.45, 2.75) is 36.0 Å². The fraction of sp³-hybridized carbons (Fsp3) is 0.310. The van der Waals surface area contributed by atoms with Crippen molar-refractivity contribution in [3.8, 4) is 5.75 Å². The summed E-state index contributed by atoms with van der Waals surface area (Å²) in [6, 6.07) is 16.3. The van der Waals surface area contributed by atoms with Crippen LogP contribution in [0.2, 0.25) is 0 Å². The van der Waals surface area contributed by atoms with Crippen molar-refractivity contribution in [3.63, 3.8) is 0 Å². The standard InChI is InChI=1S/C29H29F4N3O6S/c30-23-16-20(15-22(17-23)29(31,32)33)18-34-36-27(38)28(11-14-43(39,40)25-5-2-1-3-6-25)19-42-26(35-28)21-7-9-24(10-8-21)41-13-4-12-37/h1-3,5-10,15-17,34,37H,4,11-14,18-19H2,(H,36,38)/t28-/m0/s1. The molecule has 1 aliphatic heterocycles. The molecule has 0 radical (unpaired) electrons. The third-order valence-electron chi connectivity index (χ3n) is 6.52. The molecule has 0 aliphatic carbocycles. The van der Waals surface area contributed by atoms with E-state index in [-0.39, 0.29) is 42.5 Å². The molecular formula is C29H29F4N3O6S. The maximum absolute atomic E-state index is 13.8. The van der Waals surface area contributed by atoms with Crippen LogP contribution in [0, 0.1) is 5.82 Å². The van der Waals surface area contributed by atoms with Crippen molar-refractivity contribution in [2.75, 3.05) is 25.6 Å². The van der Waals surface area contributed by atoms with Gasteiger partial charge in [-0.3, -0.25) is 10.2 Å². The molecule has 0 fully saturated rings. The highest BCUT2D eigenvalue weighted by molar-refractivity contribution is 7.91. The highest BCUT2D eigenvalue weighted by Gasteiger charge is 2.45. The van der Waals surface area contributed by atoms with E-state index in [1.807, 2.05) is 0 Å². The molecule has 0 spiro atoms. The Bertz CT molecular complexity index is 1550. The summed E-state index contributed by atoms with van der Waals surface area (Å²) in [5.41, 5.74) is 2.36. The number of benzene rings is 3. The van der Waals surface area contributed by atoms with Crippen LogP contribution in [0.3, 0.4) is 0 Å². The number of sulfone groups is 1. The van der Waals surface area contributed by atoms with Crippen LogP contribution in [-0.4, -0.2) is 56.4 Å². The molecule has 3 aromatic rings. The Kier molecular flexibility index (Phi) is 10.0. The number of hydrazine groups is 1. The monoisotopic (exact) mass is 623 g/mol. The molecule has 4 rings (SSSR count). The predicted molar refractivity (Wildman–Crippen MR) is 148 cm³/mol. The lowest BCUT2D eigenvalue weighted by atomic mass is 9.98. The molecule has 1 heterocycles. The van der Waals surface area contributed by atoms with Gasteiger partial charge in [-0.05, 0) is 66.6 Å². The molecule has 230 valence electrons. The maximum Gasteiger partial charge on any atom is 0.416 e. The Balaban J connectivity index is 1.53. The van der Waals surface area contributed by atoms with Crippen LogP contribution in [0.4, 0.5) is 17.6 Å². The first kappa shape index (κ1) is 31.9. The van der Waals surface area contributed by atoms with Gasteiger partial charge in [0.05, 0.1) is 22.8 Å². The van der Waals surface area contributed by atoms with E-state index >= 15 is 0 Å². The Morgan fingerprint density at radius 1 is 1.07 bits per heavy atom. The zero-order valence-electron chi connectivity index (χ0n) is 22.7. The summed E-state index contributed by atoms with van der Waals surface area (Å²) >= 11 is 0. The minimum absolute atomic E-state index is 0.0153. The third kappa shape index (κ3) is 8.30. The lowest BCUT2D eigenvalue weighted by Crippen LogP contribution is -2.52. The van der Waals surface area contributed by atoms with Crippen molar-refractivity contribution in [1.29, 1.82) is 0 Å². The molecule has 1 aliphatic rings. The van der Waals surface area contributed by atoms with E-state index in [0.29, 0.717) is 30.4 Å². The number of nitrogens with zero attached hydrogens (tertiary/aromatic N) is 1. The van der Waals surface area contributed by atoms with Gasteiger partial charge in [0.25, 0.3) is 5.91 Å². The molecular weight excluding hydrogens is 594 g/mol. The molecule has 9 nitrogen and oxygen atoms in total. The summed E-state index contributed by atoms with van der Waals surface area (Å²) in [6.07, 6.45) is -4.58. The van der Waals surface area contributed by atoms with Gasteiger partial charge in [-0.15, -0.1) is 0 Å². The largest absolute Gasteiger partial charge is 0.494 e. The Morgan fingerprint density at radius 3 is 2.47 bits per heavy atom. The van der Waals surface area contributed by atoms with E-state index in [9.17, 15) is 30.8 Å². The topological polar surface area (TPSA) is 126 Å². The minimum atomic E-state index is -4.76. The summed E-state index contributed by atoms with van der Waals surface area (Å²) in [6.45, 7) is -0.377. The van der Waals surface area contributed by atoms with Gasteiger partial charge in [-0.1, -0.05) is 18.2 Å². The van der Waals surface area contributed by atoms with Gasteiger partial charge >= 0.3 is 6.18 Å². The number of aliphatic hydroxyl groups excluding tert-OH is 1. The van der Waals surface area contributed by atoms with E-state index in [2.05, 4.69) is 15.8 Å². The first-order valence-electron chi connectivity index (χ1n) is 13.2. The summed E-state index contributed by atoms with van der Waals surface area (Å²) < 4.78 is 90.3. The van der Waals surface area contributed by atoms with Crippen molar-refractivity contribution in [3.05, 3.63) is 95.3 Å². The molecule has 0 saturated heterocycles. The first-order chi connectivity index (χ1) is 20.4. The van der Waals surface area contributed by atoms with Crippen molar-refractivity contribution in [1.82, 2.24) is 10.9 Å². The number of hydrogen-bond acceptors (Lipinski definition) is 8. The van der Waals surface area contributed by atoms with E-state index in [4.69, 9.17) is 14.6 Å². The van der Waals surface area contributed by atoms with Crippen LogP contribution in [0.1, 0.15) is 29.5 Å². The normalized spacial score (nSPS) is 16.8. The molecule has 43 heavy (non-hydrogen) atoms. The first-order valence-corrected chi connectivity index (χ1v) is 14.8. The fourth-order valence-corrected chi connectivity index (χ4v) is 5.62. The van der Waals surface area contributed by atoms with Crippen molar-refractivity contribution < 1.29 is 45.4 Å². The van der Waals surface area contributed by atoms with Crippen molar-refractivity contribution >= 4 is 21.6 Å². The highest BCUT2D eigenvalue weighted by Crippen LogP contribution is 2.31. The van der Waals surface area contributed by atoms with E-state index < -0.39 is 44.6 Å². The number of aliphatic hydroxyl groups is 1. The maximum atomic E-state index is 13.8. The number of amides is 1. The number of nitrogens with one attached hydrogen (secondary N) is 2. The number of halogens is 4. The second kappa shape index (κ2) is 13.5. The molecule has 0 aromatic heterocycles. The fourth-order valence-electron chi connectivity index (χ4n) is 4.21. The summed E-state index contributed by atoms with van der Waals surface area (Å²) in [5, 5.41) is 8.90. The molecule has 0 bridgehead atoms. The zero-order valence-corrected chi connectivity index (χ0v) is 23.6. The molecule has 0 saturated carbocycles. The Morgan fingerprint density at radius 2 is 1.79 bits per heavy atom. The summed E-state index contributed by atoms with van der Waals surface area (Å²) in [5.74, 6) is -1.73. The number of aliphatic imine (C=N–C) groups is 1. The Hall–Kier alpha value is -4.01. The number of hydrogen-bond donors (Lipinski definition) is 3. The SMILES string of the molecule is O=C(NNCc1cc(F)cc(C(F)(F)F)c1)[C@]1(CCS(=O)(=O)c2ccccc2)COC(c2ccc(OCCCO)cc2)=N1. The predicted octanol–water partition coefficient (Wildman–Crippen LogP) is 3.81. The van der Waals surface area contributed by atoms with Gasteiger partial charge in [-0.2, -0.15) is 13.2 Å². The Labute approximate surface area is 245 Å². The van der Waals surface area contributed by atoms with Gasteiger partial charge in [0, 0.05) is 25.1 Å². The average molecular weight is 624 g/mol. The van der Waals surface area contributed by atoms with Gasteiger partial charge in [-0.25, -0.2) is 23.2 Å². The van der Waals surface area contributed by atoms with E-state index in [0.717, 1.165) is 12.1 Å². The highest BCUT2D eigenvalue weighted by atomic mass is 32.2. The molecule has 0 unspecified atom stereocenters. The van der Waals surface area contributed by atoms with E-state index in [1.54, 1.807) is 42.5 Å². The van der Waals surface area contributed by atoms with Crippen LogP contribution in [0.5, 0.6) is 5.75 Å². The lowest BCUT2D eigenvalue weighted by Gasteiger charge is -2.23. The number of carbonyl (C=O) groups is 1. The van der Waals surface area contributed by atoms with Crippen LogP contribution < -0.4 is 15.6 Å². The van der Waals surface area contributed by atoms with Crippen LogP contribution in [0.25, 0.3) is 0 Å². The average Bonchev–Trinajstić information content (AvgIpc) is 3.42. The number of ether oxygens (including phenoxy) is 2. The second-order valence-corrected chi connectivity index (χ2v) is 11.8. The summed E-state index contributed by atoms with van der Waals surface area (Å²) in [7, 11) is -3.81. The second-order valence-electron chi connectivity index (χ2n) is 9.72. The van der Waals surface area contributed by atoms with Crippen molar-refractivity contribution in [2.24, 2.45) is 4.99 Å². The van der Waals surface area contributed by atoms with Crippen LogP contribution >= 0.6 is 0 Å².